The minimum absolute atomic E-state index is 0.0274. The van der Waals surface area contributed by atoms with Gasteiger partial charge < -0.3 is 10.1 Å². The fourth-order valence-electron chi connectivity index (χ4n) is 8.44. The van der Waals surface area contributed by atoms with Crippen LogP contribution in [0.4, 0.5) is 0 Å². The number of unbranched alkanes of at least 4 members (excludes halogenated alkanes) is 4. The first-order valence-corrected chi connectivity index (χ1v) is 24.5. The predicted octanol–water partition coefficient (Wildman–Crippen LogP) is 9.24. The Bertz CT molecular complexity index is 2180. The Balaban J connectivity index is 1.50. The summed E-state index contributed by atoms with van der Waals surface area (Å²) in [5, 5.41) is 2.94. The Morgan fingerprint density at radius 1 is 0.557 bits per heavy atom. The van der Waals surface area contributed by atoms with E-state index in [1.54, 1.807) is 4.31 Å². The molecular weight excluding hydrogens is 807 g/mol. The number of methoxy groups -OCH3 is 1. The van der Waals surface area contributed by atoms with Gasteiger partial charge in [0.2, 0.25) is 26.0 Å². The van der Waals surface area contributed by atoms with Gasteiger partial charge in [-0.1, -0.05) is 109 Å². The molecule has 0 saturated heterocycles. The first kappa shape index (κ1) is 49.3. The fraction of sp³-hybridized carbons (Fsp3) is 0.469. The van der Waals surface area contributed by atoms with E-state index >= 15 is 0 Å². The number of ether oxygens (including phenoxy) is 1. The lowest BCUT2D eigenvalue weighted by molar-refractivity contribution is -0.140. The van der Waals surface area contributed by atoms with E-state index in [0.717, 1.165) is 41.5 Å². The summed E-state index contributed by atoms with van der Waals surface area (Å²) in [6.07, 6.45) is 5.68. The van der Waals surface area contributed by atoms with Gasteiger partial charge in [-0.25, -0.2) is 16.8 Å². The highest BCUT2D eigenvalue weighted by Crippen LogP contribution is 2.32. The van der Waals surface area contributed by atoms with Gasteiger partial charge in [0.15, 0.2) is 0 Å². The molecule has 0 aromatic heterocycles. The van der Waals surface area contributed by atoms with Crippen LogP contribution in [-0.2, 0) is 34.4 Å². The van der Waals surface area contributed by atoms with Gasteiger partial charge in [-0.3, -0.25) is 9.59 Å². The van der Waals surface area contributed by atoms with Crippen molar-refractivity contribution in [2.75, 3.05) is 39.8 Å². The number of carbonyl (C=O) groups excluding carboxylic acids is 2. The third-order valence-corrected chi connectivity index (χ3v) is 15.6. The third kappa shape index (κ3) is 14.3. The monoisotopic (exact) mass is 873 g/mol. The van der Waals surface area contributed by atoms with Crippen LogP contribution in [0, 0.1) is 41.5 Å². The maximum Gasteiger partial charge on any atom is 0.305 e. The lowest BCUT2D eigenvalue weighted by Gasteiger charge is -2.28. The molecule has 0 aliphatic heterocycles. The minimum atomic E-state index is -3.93. The maximum absolute atomic E-state index is 14.7. The van der Waals surface area contributed by atoms with Gasteiger partial charge in [-0.2, -0.15) is 8.61 Å². The van der Waals surface area contributed by atoms with Crippen LogP contribution in [0.25, 0.3) is 0 Å². The Kier molecular flexibility index (Phi) is 19.2. The SMILES string of the molecule is COC(=O)CCCCCCC(=O)NCCCN(CCCCN(CCC(c1ccccc1)c1ccccc1)S(=O)(=O)c1c(C)cc(C)cc1C)S(=O)(=O)c1c(C)cc(C)cc1C. The van der Waals surface area contributed by atoms with Crippen LogP contribution in [0.5, 0.6) is 0 Å². The molecule has 0 unspecified atom stereocenters. The lowest BCUT2D eigenvalue weighted by atomic mass is 9.88. The topological polar surface area (TPSA) is 130 Å². The van der Waals surface area contributed by atoms with E-state index in [-0.39, 0.29) is 48.9 Å². The zero-order chi connectivity index (χ0) is 44.6. The first-order chi connectivity index (χ1) is 29.1. The summed E-state index contributed by atoms with van der Waals surface area (Å²) >= 11 is 0. The molecule has 10 nitrogen and oxygen atoms in total. The van der Waals surface area contributed by atoms with Gasteiger partial charge in [-0.05, 0) is 113 Å². The quantitative estimate of drug-likeness (QED) is 0.0519. The highest BCUT2D eigenvalue weighted by molar-refractivity contribution is 7.89. The standard InChI is InChI=1S/C49H67N3O7S2/c1-37-33-39(3)48(40(4)34-37)60(55,56)51(31-20-28-50-46(53)25-16-8-9-17-26-47(54)59-7)29-18-19-30-52(61(57,58)49-41(5)35-38(2)36-42(49)6)32-27-45(43-21-12-10-13-22-43)44-23-14-11-15-24-44/h10-15,21-24,33-36,45H,8-9,16-20,25-32H2,1-7H3,(H,50,53). The molecule has 1 N–H and O–H groups in total. The number of carbonyl (C=O) groups is 2. The van der Waals surface area contributed by atoms with Crippen molar-refractivity contribution in [3.8, 4) is 0 Å². The smallest absolute Gasteiger partial charge is 0.305 e. The molecule has 0 heterocycles. The number of hydrogen-bond donors (Lipinski definition) is 1. The Morgan fingerprint density at radius 2 is 0.967 bits per heavy atom. The number of aryl methyl sites for hydroxylation is 6. The van der Waals surface area contributed by atoms with Gasteiger partial charge in [0.05, 0.1) is 16.9 Å². The molecule has 0 atom stereocenters. The van der Waals surface area contributed by atoms with Crippen molar-refractivity contribution >= 4 is 31.9 Å². The number of sulfonamides is 2. The number of benzene rings is 4. The molecule has 0 aliphatic rings. The van der Waals surface area contributed by atoms with Crippen LogP contribution in [-0.4, -0.2) is 77.2 Å². The van der Waals surface area contributed by atoms with E-state index in [1.807, 2.05) is 102 Å². The maximum atomic E-state index is 14.7. The third-order valence-electron chi connectivity index (χ3n) is 11.2. The Labute approximate surface area is 366 Å². The summed E-state index contributed by atoms with van der Waals surface area (Å²) in [6, 6.07) is 27.9. The van der Waals surface area contributed by atoms with E-state index in [9.17, 15) is 26.4 Å². The van der Waals surface area contributed by atoms with Gasteiger partial charge in [-0.15, -0.1) is 0 Å². The van der Waals surface area contributed by atoms with Gasteiger partial charge in [0.25, 0.3) is 0 Å². The second-order valence-corrected chi connectivity index (χ2v) is 20.1. The molecule has 332 valence electrons. The average Bonchev–Trinajstić information content (AvgIpc) is 3.20. The van der Waals surface area contributed by atoms with Crippen molar-refractivity contribution < 1.29 is 31.2 Å². The summed E-state index contributed by atoms with van der Waals surface area (Å²) in [5.74, 6) is -0.346. The molecule has 61 heavy (non-hydrogen) atoms. The number of amides is 1. The van der Waals surface area contributed by atoms with Crippen LogP contribution in [0.1, 0.15) is 115 Å². The summed E-state index contributed by atoms with van der Waals surface area (Å²) in [6.45, 7) is 12.4. The number of hydrogen-bond acceptors (Lipinski definition) is 7. The second kappa shape index (κ2) is 23.7. The summed E-state index contributed by atoms with van der Waals surface area (Å²) < 4.78 is 66.0. The van der Waals surface area contributed by atoms with E-state index in [1.165, 1.54) is 11.4 Å². The fourth-order valence-corrected chi connectivity index (χ4v) is 12.3. The Hall–Kier alpha value is -4.36. The van der Waals surface area contributed by atoms with E-state index in [4.69, 9.17) is 0 Å². The zero-order valence-electron chi connectivity index (χ0n) is 37.3. The highest BCUT2D eigenvalue weighted by atomic mass is 32.2. The largest absolute Gasteiger partial charge is 0.469 e. The molecule has 0 aliphatic carbocycles. The van der Waals surface area contributed by atoms with Crippen LogP contribution in [0.15, 0.2) is 94.7 Å². The summed E-state index contributed by atoms with van der Waals surface area (Å²) in [4.78, 5) is 24.6. The molecule has 0 fully saturated rings. The van der Waals surface area contributed by atoms with Crippen molar-refractivity contribution in [2.45, 2.75) is 121 Å². The molecule has 0 saturated carbocycles. The van der Waals surface area contributed by atoms with E-state index in [2.05, 4.69) is 34.3 Å². The Morgan fingerprint density at radius 3 is 1.41 bits per heavy atom. The molecule has 1 amide bonds. The van der Waals surface area contributed by atoms with Gasteiger partial charge in [0.1, 0.15) is 0 Å². The van der Waals surface area contributed by atoms with Crippen LogP contribution < -0.4 is 5.32 Å². The lowest BCUT2D eigenvalue weighted by Crippen LogP contribution is -2.37. The van der Waals surface area contributed by atoms with E-state index in [0.29, 0.717) is 78.6 Å². The number of esters is 1. The summed E-state index contributed by atoms with van der Waals surface area (Å²) in [7, 11) is -6.48. The zero-order valence-corrected chi connectivity index (χ0v) is 39.0. The van der Waals surface area contributed by atoms with Crippen molar-refractivity contribution in [2.24, 2.45) is 0 Å². The molecule has 4 rings (SSSR count). The van der Waals surface area contributed by atoms with Crippen molar-refractivity contribution in [3.63, 3.8) is 0 Å². The van der Waals surface area contributed by atoms with Gasteiger partial charge >= 0.3 is 5.97 Å². The van der Waals surface area contributed by atoms with E-state index < -0.39 is 20.0 Å². The molecule has 4 aromatic carbocycles. The molecule has 0 spiro atoms. The minimum Gasteiger partial charge on any atom is -0.469 e. The van der Waals surface area contributed by atoms with Crippen molar-refractivity contribution in [1.82, 2.24) is 13.9 Å². The number of rotatable bonds is 25. The molecule has 4 aromatic rings. The molecule has 0 radical (unpaired) electrons. The predicted molar refractivity (Wildman–Crippen MR) is 245 cm³/mol. The summed E-state index contributed by atoms with van der Waals surface area (Å²) in [5.41, 5.74) is 6.96. The van der Waals surface area contributed by atoms with Crippen LogP contribution >= 0.6 is 0 Å². The van der Waals surface area contributed by atoms with Crippen molar-refractivity contribution in [1.29, 1.82) is 0 Å². The second-order valence-electron chi connectivity index (χ2n) is 16.3. The van der Waals surface area contributed by atoms with Crippen LogP contribution in [0.2, 0.25) is 0 Å². The number of nitrogens with zero attached hydrogens (tertiary/aromatic N) is 2. The highest BCUT2D eigenvalue weighted by Gasteiger charge is 2.31. The van der Waals surface area contributed by atoms with Crippen LogP contribution in [0.3, 0.4) is 0 Å². The average molecular weight is 874 g/mol. The first-order valence-electron chi connectivity index (χ1n) is 21.7. The molecular formula is C49H67N3O7S2. The molecule has 0 bridgehead atoms. The normalized spacial score (nSPS) is 12.0. The number of nitrogens with one attached hydrogen (secondary N) is 1. The van der Waals surface area contributed by atoms with Crippen molar-refractivity contribution in [3.05, 3.63) is 129 Å². The molecule has 12 heteroatoms. The van der Waals surface area contributed by atoms with Gasteiger partial charge in [0, 0.05) is 51.5 Å².